The predicted octanol–water partition coefficient (Wildman–Crippen LogP) is 6.01. The number of carbonyl (C=O) groups is 2. The lowest BCUT2D eigenvalue weighted by molar-refractivity contribution is -0.142. The SMILES string of the molecule is Cc1ccc(N2C(=O)/C(=N\NC3(C(=O)O)C=CC=C(c4cc(F)ccc4O)C3)c3ccc(C(F)(F)F)cc32)cc1C. The Morgan fingerprint density at radius 3 is 2.46 bits per heavy atom. The van der Waals surface area contributed by atoms with E-state index in [9.17, 15) is 37.4 Å². The number of nitrogens with zero attached hydrogens (tertiary/aromatic N) is 2. The van der Waals surface area contributed by atoms with Crippen LogP contribution in [0.25, 0.3) is 5.57 Å². The average molecular weight is 566 g/mol. The smallest absolute Gasteiger partial charge is 0.416 e. The van der Waals surface area contributed by atoms with Crippen LogP contribution in [-0.2, 0) is 15.8 Å². The van der Waals surface area contributed by atoms with Gasteiger partial charge in [-0.3, -0.25) is 15.1 Å². The molecule has 0 saturated heterocycles. The van der Waals surface area contributed by atoms with Crippen LogP contribution in [0.15, 0.2) is 77.9 Å². The van der Waals surface area contributed by atoms with Gasteiger partial charge >= 0.3 is 12.1 Å². The number of alkyl halides is 3. The van der Waals surface area contributed by atoms with Gasteiger partial charge in [0, 0.05) is 23.2 Å². The van der Waals surface area contributed by atoms with Crippen molar-refractivity contribution in [2.75, 3.05) is 4.90 Å². The van der Waals surface area contributed by atoms with E-state index in [1.165, 1.54) is 18.2 Å². The molecule has 1 aliphatic heterocycles. The van der Waals surface area contributed by atoms with Gasteiger partial charge in [-0.1, -0.05) is 18.2 Å². The van der Waals surface area contributed by atoms with Gasteiger partial charge in [0.2, 0.25) is 0 Å². The summed E-state index contributed by atoms with van der Waals surface area (Å²) in [6.07, 6.45) is -0.766. The number of rotatable bonds is 5. The van der Waals surface area contributed by atoms with Crippen molar-refractivity contribution in [1.29, 1.82) is 0 Å². The molecular formula is C30H23F4N3O4. The third kappa shape index (κ3) is 4.94. The number of carboxylic acids is 1. The van der Waals surface area contributed by atoms with Crippen molar-refractivity contribution >= 4 is 34.5 Å². The number of hydrazone groups is 1. The molecule has 7 nitrogen and oxygen atoms in total. The molecule has 0 fully saturated rings. The minimum atomic E-state index is -4.67. The van der Waals surface area contributed by atoms with Gasteiger partial charge in [-0.2, -0.15) is 18.3 Å². The molecule has 3 aromatic rings. The van der Waals surface area contributed by atoms with Crippen LogP contribution in [0, 0.1) is 19.7 Å². The fourth-order valence-electron chi connectivity index (χ4n) is 4.78. The summed E-state index contributed by atoms with van der Waals surface area (Å²) in [4.78, 5) is 27.2. The van der Waals surface area contributed by atoms with Gasteiger partial charge in [0.15, 0.2) is 11.3 Å². The van der Waals surface area contributed by atoms with E-state index in [0.29, 0.717) is 5.69 Å². The Morgan fingerprint density at radius 1 is 1.02 bits per heavy atom. The summed E-state index contributed by atoms with van der Waals surface area (Å²) < 4.78 is 54.7. The lowest BCUT2D eigenvalue weighted by Crippen LogP contribution is -2.49. The zero-order valence-corrected chi connectivity index (χ0v) is 21.8. The maximum atomic E-state index is 13.9. The van der Waals surface area contributed by atoms with Gasteiger partial charge in [0.25, 0.3) is 5.91 Å². The summed E-state index contributed by atoms with van der Waals surface area (Å²) in [5.74, 6) is -3.04. The van der Waals surface area contributed by atoms with Crippen LogP contribution in [0.5, 0.6) is 5.75 Å². The topological polar surface area (TPSA) is 102 Å². The van der Waals surface area contributed by atoms with Crippen LogP contribution < -0.4 is 10.3 Å². The van der Waals surface area contributed by atoms with Crippen LogP contribution in [0.1, 0.15) is 34.2 Å². The molecule has 210 valence electrons. The largest absolute Gasteiger partial charge is 0.507 e. The minimum Gasteiger partial charge on any atom is -0.507 e. The van der Waals surface area contributed by atoms with Gasteiger partial charge in [-0.05, 0) is 85.2 Å². The molecule has 0 spiro atoms. The van der Waals surface area contributed by atoms with Crippen LogP contribution in [0.4, 0.5) is 28.9 Å². The fraction of sp³-hybridized carbons (Fsp3) is 0.167. The Labute approximate surface area is 231 Å². The van der Waals surface area contributed by atoms with E-state index in [1.54, 1.807) is 25.1 Å². The molecule has 1 heterocycles. The molecule has 0 saturated carbocycles. The molecule has 0 radical (unpaired) electrons. The number of allylic oxidation sites excluding steroid dienone is 2. The first-order chi connectivity index (χ1) is 19.3. The normalized spacial score (nSPS) is 19.4. The molecule has 1 aliphatic carbocycles. The Bertz CT molecular complexity index is 1690. The average Bonchev–Trinajstić information content (AvgIpc) is 3.20. The number of anilines is 2. The fourth-order valence-corrected chi connectivity index (χ4v) is 4.78. The van der Waals surface area contributed by atoms with Gasteiger partial charge in [0.1, 0.15) is 11.6 Å². The third-order valence-electron chi connectivity index (χ3n) is 7.18. The summed E-state index contributed by atoms with van der Waals surface area (Å²) in [6, 6.07) is 11.1. The van der Waals surface area contributed by atoms with Crippen molar-refractivity contribution < 1.29 is 37.4 Å². The van der Waals surface area contributed by atoms with Gasteiger partial charge in [-0.15, -0.1) is 0 Å². The van der Waals surface area contributed by atoms with E-state index in [4.69, 9.17) is 0 Å². The van der Waals surface area contributed by atoms with Crippen LogP contribution >= 0.6 is 0 Å². The number of phenols is 1. The highest BCUT2D eigenvalue weighted by atomic mass is 19.4. The highest BCUT2D eigenvalue weighted by Crippen LogP contribution is 2.41. The molecule has 41 heavy (non-hydrogen) atoms. The van der Waals surface area contributed by atoms with E-state index in [-0.39, 0.29) is 40.3 Å². The third-order valence-corrected chi connectivity index (χ3v) is 7.18. The first-order valence-electron chi connectivity index (χ1n) is 12.4. The standard InChI is InChI=1S/C30H23F4N3O4/c1-16-5-8-21(12-17(16)2)37-24-13-19(30(32,33)34)6-9-22(24)26(27(37)39)35-36-29(28(40)41)11-3-4-18(15-29)23-14-20(31)7-10-25(23)38/h3-14,36,38H,15H2,1-2H3,(H,40,41)/b35-26-. The quantitative estimate of drug-likeness (QED) is 0.260. The number of aromatic hydroxyl groups is 1. The highest BCUT2D eigenvalue weighted by molar-refractivity contribution is 6.55. The van der Waals surface area contributed by atoms with E-state index in [1.807, 2.05) is 6.92 Å². The summed E-state index contributed by atoms with van der Waals surface area (Å²) in [5, 5.41) is 24.5. The summed E-state index contributed by atoms with van der Waals surface area (Å²) in [7, 11) is 0. The zero-order valence-electron chi connectivity index (χ0n) is 21.8. The monoisotopic (exact) mass is 565 g/mol. The predicted molar refractivity (Wildman–Crippen MR) is 144 cm³/mol. The van der Waals surface area contributed by atoms with Gasteiger partial charge in [0.05, 0.1) is 11.3 Å². The maximum absolute atomic E-state index is 13.9. The molecule has 1 atom stereocenters. The molecule has 5 rings (SSSR count). The summed E-state index contributed by atoms with van der Waals surface area (Å²) in [5.41, 5.74) is 1.80. The number of nitrogens with one attached hydrogen (secondary N) is 1. The van der Waals surface area contributed by atoms with Crippen molar-refractivity contribution in [2.24, 2.45) is 5.10 Å². The minimum absolute atomic E-state index is 0.0533. The maximum Gasteiger partial charge on any atom is 0.416 e. The van der Waals surface area contributed by atoms with Crippen molar-refractivity contribution in [1.82, 2.24) is 5.43 Å². The second-order valence-corrected chi connectivity index (χ2v) is 9.88. The molecule has 3 N–H and O–H groups in total. The Morgan fingerprint density at radius 2 is 1.78 bits per heavy atom. The first kappa shape index (κ1) is 27.6. The summed E-state index contributed by atoms with van der Waals surface area (Å²) >= 11 is 0. The molecule has 1 amide bonds. The van der Waals surface area contributed by atoms with E-state index < -0.39 is 35.0 Å². The number of halogens is 4. The number of amides is 1. The number of phenolic OH excluding ortho intramolecular Hbond substituents is 1. The second kappa shape index (κ2) is 9.92. The van der Waals surface area contributed by atoms with E-state index in [0.717, 1.165) is 52.4 Å². The number of aryl methyl sites for hydroxylation is 2. The highest BCUT2D eigenvalue weighted by Gasteiger charge is 2.42. The number of carbonyl (C=O) groups excluding carboxylic acids is 1. The Hall–Kier alpha value is -4.93. The van der Waals surface area contributed by atoms with Gasteiger partial charge in [-0.25, -0.2) is 9.18 Å². The van der Waals surface area contributed by atoms with E-state index in [2.05, 4.69) is 10.5 Å². The number of carboxylic acid groups (broad SMARTS) is 1. The lowest BCUT2D eigenvalue weighted by Gasteiger charge is -2.29. The number of hydrogen-bond donors (Lipinski definition) is 3. The zero-order chi connectivity index (χ0) is 29.7. The van der Waals surface area contributed by atoms with Crippen molar-refractivity contribution in [3.8, 4) is 5.75 Å². The molecular weight excluding hydrogens is 542 g/mol. The first-order valence-corrected chi connectivity index (χ1v) is 12.4. The Balaban J connectivity index is 1.57. The van der Waals surface area contributed by atoms with Crippen molar-refractivity contribution in [2.45, 2.75) is 32.0 Å². The number of hydrogen-bond acceptors (Lipinski definition) is 5. The van der Waals surface area contributed by atoms with E-state index >= 15 is 0 Å². The molecule has 11 heteroatoms. The number of fused-ring (bicyclic) bond motifs is 1. The van der Waals surface area contributed by atoms with Crippen molar-refractivity contribution in [3.63, 3.8) is 0 Å². The summed E-state index contributed by atoms with van der Waals surface area (Å²) in [6.45, 7) is 3.66. The Kier molecular flexibility index (Phi) is 6.68. The molecule has 3 aromatic carbocycles. The second-order valence-electron chi connectivity index (χ2n) is 9.88. The molecule has 1 unspecified atom stereocenters. The van der Waals surface area contributed by atoms with Crippen LogP contribution in [0.3, 0.4) is 0 Å². The number of aliphatic carboxylic acids is 1. The van der Waals surface area contributed by atoms with Crippen LogP contribution in [0.2, 0.25) is 0 Å². The molecule has 2 aliphatic rings. The molecule has 0 bridgehead atoms. The molecule has 0 aromatic heterocycles. The lowest BCUT2D eigenvalue weighted by atomic mass is 9.84. The van der Waals surface area contributed by atoms with Gasteiger partial charge < -0.3 is 10.2 Å². The van der Waals surface area contributed by atoms with Crippen molar-refractivity contribution in [3.05, 3.63) is 106 Å². The number of benzene rings is 3. The van der Waals surface area contributed by atoms with Crippen LogP contribution in [-0.4, -0.2) is 33.3 Å².